The SMILES string of the molecule is C[C@@H](C(=O)NCCc1ccc(S(N)(=O)=O)cc1)N1C(=O)[C@H]2CC=CC[C@@H]2C1=O. The number of allylic oxidation sites excluding steroid dienone is 2. The summed E-state index contributed by atoms with van der Waals surface area (Å²) in [4.78, 5) is 38.6. The maximum atomic E-state index is 12.5. The fourth-order valence-corrected chi connectivity index (χ4v) is 4.16. The molecule has 8 nitrogen and oxygen atoms in total. The van der Waals surface area contributed by atoms with E-state index in [4.69, 9.17) is 5.14 Å². The highest BCUT2D eigenvalue weighted by Crippen LogP contribution is 2.36. The van der Waals surface area contributed by atoms with Crippen molar-refractivity contribution in [3.63, 3.8) is 0 Å². The molecule has 150 valence electrons. The number of carbonyl (C=O) groups excluding carboxylic acids is 3. The Hall–Kier alpha value is -2.52. The average Bonchev–Trinajstić information content (AvgIpc) is 2.92. The van der Waals surface area contributed by atoms with E-state index < -0.39 is 22.0 Å². The molecule has 1 heterocycles. The van der Waals surface area contributed by atoms with Gasteiger partial charge in [-0.25, -0.2) is 13.6 Å². The van der Waals surface area contributed by atoms with E-state index in [-0.39, 0.29) is 28.5 Å². The molecule has 3 atom stereocenters. The van der Waals surface area contributed by atoms with Gasteiger partial charge in [0.2, 0.25) is 27.7 Å². The summed E-state index contributed by atoms with van der Waals surface area (Å²) >= 11 is 0. The third-order valence-electron chi connectivity index (χ3n) is 5.27. The second-order valence-corrected chi connectivity index (χ2v) is 8.67. The third-order valence-corrected chi connectivity index (χ3v) is 6.20. The number of nitrogens with one attached hydrogen (secondary N) is 1. The molecule has 9 heteroatoms. The zero-order valence-electron chi connectivity index (χ0n) is 15.5. The van der Waals surface area contributed by atoms with Crippen LogP contribution in [0.25, 0.3) is 0 Å². The molecule has 0 unspecified atom stereocenters. The minimum Gasteiger partial charge on any atom is -0.354 e. The van der Waals surface area contributed by atoms with Gasteiger partial charge in [0.15, 0.2) is 0 Å². The van der Waals surface area contributed by atoms with Crippen molar-refractivity contribution in [1.82, 2.24) is 10.2 Å². The summed E-state index contributed by atoms with van der Waals surface area (Å²) < 4.78 is 22.5. The molecule has 0 aromatic heterocycles. The Bertz CT molecular complexity index is 897. The molecular formula is C19H23N3O5S. The molecule has 0 radical (unpaired) electrons. The molecule has 1 aliphatic heterocycles. The van der Waals surface area contributed by atoms with Gasteiger partial charge in [0, 0.05) is 6.54 Å². The first-order valence-electron chi connectivity index (χ1n) is 9.11. The van der Waals surface area contributed by atoms with Crippen LogP contribution < -0.4 is 10.5 Å². The normalized spacial score (nSPS) is 22.9. The first-order chi connectivity index (χ1) is 13.2. The van der Waals surface area contributed by atoms with Crippen molar-refractivity contribution in [3.8, 4) is 0 Å². The molecule has 1 saturated heterocycles. The van der Waals surface area contributed by atoms with Gasteiger partial charge in [-0.2, -0.15) is 0 Å². The number of likely N-dealkylation sites (tertiary alicyclic amines) is 1. The number of hydrogen-bond acceptors (Lipinski definition) is 5. The number of benzene rings is 1. The van der Waals surface area contributed by atoms with Gasteiger partial charge in [0.25, 0.3) is 0 Å². The molecule has 3 N–H and O–H groups in total. The lowest BCUT2D eigenvalue weighted by atomic mass is 9.85. The molecule has 3 rings (SSSR count). The van der Waals surface area contributed by atoms with Crippen molar-refractivity contribution < 1.29 is 22.8 Å². The number of imide groups is 1. The van der Waals surface area contributed by atoms with Gasteiger partial charge in [-0.1, -0.05) is 24.3 Å². The van der Waals surface area contributed by atoms with Crippen molar-refractivity contribution in [2.45, 2.75) is 37.1 Å². The first kappa shape index (κ1) is 20.2. The Labute approximate surface area is 163 Å². The van der Waals surface area contributed by atoms with E-state index in [1.807, 2.05) is 12.2 Å². The van der Waals surface area contributed by atoms with Crippen molar-refractivity contribution in [2.24, 2.45) is 17.0 Å². The topological polar surface area (TPSA) is 127 Å². The molecule has 1 aromatic carbocycles. The second-order valence-electron chi connectivity index (χ2n) is 7.11. The Kier molecular flexibility index (Phi) is 5.66. The number of fused-ring (bicyclic) bond motifs is 1. The summed E-state index contributed by atoms with van der Waals surface area (Å²) in [6, 6.07) is 5.20. The summed E-state index contributed by atoms with van der Waals surface area (Å²) in [5.74, 6) is -1.66. The predicted octanol–water partition coefficient (Wildman–Crippen LogP) is 0.332. The van der Waals surface area contributed by atoms with Gasteiger partial charge in [-0.15, -0.1) is 0 Å². The number of amides is 3. The molecule has 28 heavy (non-hydrogen) atoms. The minimum absolute atomic E-state index is 0.0240. The summed E-state index contributed by atoms with van der Waals surface area (Å²) in [7, 11) is -3.74. The lowest BCUT2D eigenvalue weighted by molar-refractivity contribution is -0.147. The van der Waals surface area contributed by atoms with E-state index in [1.165, 1.54) is 12.1 Å². The monoisotopic (exact) mass is 405 g/mol. The van der Waals surface area contributed by atoms with Crippen molar-refractivity contribution in [2.75, 3.05) is 6.54 Å². The standard InChI is InChI=1S/C19H23N3O5S/c1-12(22-18(24)15-4-2-3-5-16(15)19(22)25)17(23)21-11-10-13-6-8-14(9-7-13)28(20,26)27/h2-3,6-9,12,15-16H,4-5,10-11H2,1H3,(H,21,23)(H2,20,26,27)/t12-,15-,16-/m0/s1. The molecule has 0 saturated carbocycles. The highest BCUT2D eigenvalue weighted by atomic mass is 32.2. The van der Waals surface area contributed by atoms with Crippen LogP contribution in [0.5, 0.6) is 0 Å². The zero-order chi connectivity index (χ0) is 20.5. The van der Waals surface area contributed by atoms with E-state index >= 15 is 0 Å². The van der Waals surface area contributed by atoms with Crippen LogP contribution in [0.15, 0.2) is 41.3 Å². The third kappa shape index (κ3) is 4.00. The largest absolute Gasteiger partial charge is 0.354 e. The number of primary sulfonamides is 1. The van der Waals surface area contributed by atoms with E-state index in [1.54, 1.807) is 19.1 Å². The molecule has 2 aliphatic rings. The fraction of sp³-hybridized carbons (Fsp3) is 0.421. The molecule has 1 fully saturated rings. The molecule has 1 aromatic rings. The smallest absolute Gasteiger partial charge is 0.243 e. The van der Waals surface area contributed by atoms with Crippen molar-refractivity contribution in [1.29, 1.82) is 0 Å². The Morgan fingerprint density at radius 3 is 2.18 bits per heavy atom. The van der Waals surface area contributed by atoms with Crippen molar-refractivity contribution in [3.05, 3.63) is 42.0 Å². The van der Waals surface area contributed by atoms with Gasteiger partial charge < -0.3 is 5.32 Å². The van der Waals surface area contributed by atoms with Crippen molar-refractivity contribution >= 4 is 27.7 Å². The lowest BCUT2D eigenvalue weighted by Crippen LogP contribution is -2.48. The first-order valence-corrected chi connectivity index (χ1v) is 10.7. The van der Waals surface area contributed by atoms with Gasteiger partial charge >= 0.3 is 0 Å². The maximum Gasteiger partial charge on any atom is 0.243 e. The number of sulfonamides is 1. The van der Waals surface area contributed by atoms with Crippen LogP contribution in [0, 0.1) is 11.8 Å². The van der Waals surface area contributed by atoms with E-state index in [2.05, 4.69) is 5.32 Å². The Morgan fingerprint density at radius 2 is 1.68 bits per heavy atom. The number of nitrogens with two attached hydrogens (primary N) is 1. The second kappa shape index (κ2) is 7.84. The van der Waals surface area contributed by atoms with Crippen LogP contribution in [-0.2, 0) is 30.8 Å². The zero-order valence-corrected chi connectivity index (χ0v) is 16.3. The fourth-order valence-electron chi connectivity index (χ4n) is 3.65. The molecular weight excluding hydrogens is 382 g/mol. The van der Waals surface area contributed by atoms with E-state index in [0.717, 1.165) is 10.5 Å². The summed E-state index contributed by atoms with van der Waals surface area (Å²) in [5.41, 5.74) is 0.825. The maximum absolute atomic E-state index is 12.5. The van der Waals surface area contributed by atoms with Crippen LogP contribution in [0.2, 0.25) is 0 Å². The minimum atomic E-state index is -3.74. The lowest BCUT2D eigenvalue weighted by Gasteiger charge is -2.22. The molecule has 0 spiro atoms. The number of rotatable bonds is 6. The van der Waals surface area contributed by atoms with Crippen LogP contribution in [0.3, 0.4) is 0 Å². The highest BCUT2D eigenvalue weighted by Gasteiger charge is 2.49. The molecule has 0 bridgehead atoms. The summed E-state index contributed by atoms with van der Waals surface area (Å²) in [5, 5.41) is 7.79. The van der Waals surface area contributed by atoms with Crippen LogP contribution >= 0.6 is 0 Å². The molecule has 1 aliphatic carbocycles. The van der Waals surface area contributed by atoms with E-state index in [0.29, 0.717) is 25.8 Å². The molecule has 3 amide bonds. The number of nitrogens with zero attached hydrogens (tertiary/aromatic N) is 1. The predicted molar refractivity (Wildman–Crippen MR) is 101 cm³/mol. The number of hydrogen-bond donors (Lipinski definition) is 2. The highest BCUT2D eigenvalue weighted by molar-refractivity contribution is 7.89. The summed E-state index contributed by atoms with van der Waals surface area (Å²) in [6.07, 6.45) is 5.35. The van der Waals surface area contributed by atoms with Gasteiger partial charge in [-0.3, -0.25) is 19.3 Å². The van der Waals surface area contributed by atoms with Gasteiger partial charge in [0.1, 0.15) is 6.04 Å². The summed E-state index contributed by atoms with van der Waals surface area (Å²) in [6.45, 7) is 1.85. The Morgan fingerprint density at radius 1 is 1.14 bits per heavy atom. The quantitative estimate of drug-likeness (QED) is 0.521. The van der Waals surface area contributed by atoms with E-state index in [9.17, 15) is 22.8 Å². The van der Waals surface area contributed by atoms with Gasteiger partial charge in [-0.05, 0) is 43.9 Å². The number of carbonyl (C=O) groups is 3. The average molecular weight is 405 g/mol. The van der Waals surface area contributed by atoms with Crippen LogP contribution in [0.1, 0.15) is 25.3 Å². The van der Waals surface area contributed by atoms with Crippen LogP contribution in [0.4, 0.5) is 0 Å². The van der Waals surface area contributed by atoms with Gasteiger partial charge in [0.05, 0.1) is 16.7 Å². The van der Waals surface area contributed by atoms with Crippen LogP contribution in [-0.4, -0.2) is 43.6 Å². The Balaban J connectivity index is 1.55.